The van der Waals surface area contributed by atoms with Crippen LogP contribution in [0.1, 0.15) is 17.9 Å². The zero-order valence-corrected chi connectivity index (χ0v) is 14.2. The average molecular weight is 377 g/mol. The highest BCUT2D eigenvalue weighted by molar-refractivity contribution is 6.42. The predicted molar refractivity (Wildman–Crippen MR) is 87.0 cm³/mol. The number of amides is 1. The molecule has 7 nitrogen and oxygen atoms in total. The van der Waals surface area contributed by atoms with Crippen LogP contribution >= 0.6 is 23.2 Å². The lowest BCUT2D eigenvalue weighted by atomic mass is 9.93. The molecule has 0 bridgehead atoms. The molecule has 1 aromatic carbocycles. The van der Waals surface area contributed by atoms with Crippen LogP contribution in [0.25, 0.3) is 0 Å². The Bertz CT molecular complexity index is 645. The lowest BCUT2D eigenvalue weighted by Gasteiger charge is -2.19. The molecule has 1 amide bonds. The summed E-state index contributed by atoms with van der Waals surface area (Å²) in [5.41, 5.74) is 0.559. The van der Waals surface area contributed by atoms with Crippen LogP contribution < -0.4 is 5.32 Å². The number of aliphatic hydroxyl groups excluding tert-OH is 2. The zero-order chi connectivity index (χ0) is 17.4. The van der Waals surface area contributed by atoms with Crippen molar-refractivity contribution in [3.63, 3.8) is 0 Å². The molecule has 24 heavy (non-hydrogen) atoms. The molecule has 0 saturated carbocycles. The van der Waals surface area contributed by atoms with Crippen molar-refractivity contribution in [1.29, 1.82) is 0 Å². The maximum Gasteiger partial charge on any atom is 0.245 e. The first-order chi connectivity index (χ1) is 11.4. The maximum atomic E-state index is 11.2. The molecule has 3 rings (SSSR count). The van der Waals surface area contributed by atoms with Crippen molar-refractivity contribution in [3.8, 4) is 5.75 Å². The van der Waals surface area contributed by atoms with Gasteiger partial charge in [0.15, 0.2) is 0 Å². The van der Waals surface area contributed by atoms with E-state index in [1.165, 1.54) is 12.1 Å². The molecule has 4 N–H and O–H groups in total. The standard InChI is InChI=1S/C15H18Cl2N2O5/c16-8-1-2-10(21)13(14(8)17)7-3-9-11(4-18-12(22)6-20)24-15(23)19(9)5-7/h1-2,7,9,11,15,20-21,23H,3-6H2,(H,18,22)/t7-,9-,11-,15?/m0/s1. The van der Waals surface area contributed by atoms with E-state index in [-0.39, 0.29) is 24.3 Å². The van der Waals surface area contributed by atoms with Crippen molar-refractivity contribution < 1.29 is 24.9 Å². The Morgan fingerprint density at radius 3 is 2.88 bits per heavy atom. The van der Waals surface area contributed by atoms with E-state index in [4.69, 9.17) is 33.0 Å². The topological polar surface area (TPSA) is 102 Å². The molecule has 0 radical (unpaired) electrons. The summed E-state index contributed by atoms with van der Waals surface area (Å²) in [6, 6.07) is 2.89. The largest absolute Gasteiger partial charge is 0.508 e. The van der Waals surface area contributed by atoms with Crippen molar-refractivity contribution in [2.75, 3.05) is 19.7 Å². The van der Waals surface area contributed by atoms with Crippen LogP contribution in [-0.2, 0) is 9.53 Å². The average Bonchev–Trinajstić information content (AvgIpc) is 3.10. The highest BCUT2D eigenvalue weighted by Gasteiger charge is 2.48. The summed E-state index contributed by atoms with van der Waals surface area (Å²) >= 11 is 12.3. The minimum absolute atomic E-state index is 0.0658. The fourth-order valence-corrected chi connectivity index (χ4v) is 3.92. The molecular formula is C15H18Cl2N2O5. The highest BCUT2D eigenvalue weighted by atomic mass is 35.5. The second-order valence-corrected chi connectivity index (χ2v) is 6.74. The lowest BCUT2D eigenvalue weighted by Crippen LogP contribution is -2.40. The van der Waals surface area contributed by atoms with Gasteiger partial charge >= 0.3 is 0 Å². The number of phenolic OH excluding ortho intramolecular Hbond substituents is 1. The van der Waals surface area contributed by atoms with Gasteiger partial charge in [-0.25, -0.2) is 4.90 Å². The first-order valence-electron chi connectivity index (χ1n) is 7.56. The van der Waals surface area contributed by atoms with Crippen molar-refractivity contribution in [2.45, 2.75) is 30.9 Å². The quantitative estimate of drug-likeness (QED) is 0.614. The Kier molecular flexibility index (Phi) is 5.19. The molecule has 2 fully saturated rings. The van der Waals surface area contributed by atoms with Crippen LogP contribution in [0.4, 0.5) is 0 Å². The molecule has 2 aliphatic heterocycles. The first kappa shape index (κ1) is 17.7. The van der Waals surface area contributed by atoms with Gasteiger partial charge in [-0.15, -0.1) is 0 Å². The predicted octanol–water partition coefficient (Wildman–Crippen LogP) is 0.640. The van der Waals surface area contributed by atoms with Gasteiger partial charge < -0.3 is 25.4 Å². The van der Waals surface area contributed by atoms with Gasteiger partial charge in [-0.2, -0.15) is 0 Å². The number of nitrogens with zero attached hydrogens (tertiary/aromatic N) is 1. The van der Waals surface area contributed by atoms with Crippen molar-refractivity contribution in [2.24, 2.45) is 0 Å². The molecule has 2 heterocycles. The SMILES string of the molecule is O=C(CO)NC[C@@H]1OC(O)N2C[C@@H](c3c(O)ccc(Cl)c3Cl)C[C@@H]12. The number of aromatic hydroxyl groups is 1. The number of carbonyl (C=O) groups excluding carboxylic acids is 1. The lowest BCUT2D eigenvalue weighted by molar-refractivity contribution is -0.149. The third kappa shape index (κ3) is 3.20. The van der Waals surface area contributed by atoms with E-state index in [2.05, 4.69) is 5.32 Å². The van der Waals surface area contributed by atoms with Gasteiger partial charge in [-0.3, -0.25) is 4.79 Å². The highest BCUT2D eigenvalue weighted by Crippen LogP contribution is 2.45. The van der Waals surface area contributed by atoms with E-state index in [0.717, 1.165) is 0 Å². The normalized spacial score (nSPS) is 29.7. The summed E-state index contributed by atoms with van der Waals surface area (Å²) in [5, 5.41) is 32.2. The number of ether oxygens (including phenoxy) is 1. The number of benzene rings is 1. The number of nitrogens with one attached hydrogen (secondary N) is 1. The molecule has 1 unspecified atom stereocenters. The number of hydrogen-bond donors (Lipinski definition) is 4. The van der Waals surface area contributed by atoms with Gasteiger partial charge in [0, 0.05) is 30.6 Å². The summed E-state index contributed by atoms with van der Waals surface area (Å²) in [6.45, 7) is 0.0295. The Balaban J connectivity index is 1.76. The van der Waals surface area contributed by atoms with Crippen molar-refractivity contribution in [1.82, 2.24) is 10.2 Å². The molecule has 0 aliphatic carbocycles. The summed E-state index contributed by atoms with van der Waals surface area (Å²) < 4.78 is 5.46. The third-order valence-electron chi connectivity index (χ3n) is 4.55. The molecule has 1 aromatic rings. The van der Waals surface area contributed by atoms with Gasteiger partial charge in [0.1, 0.15) is 12.4 Å². The van der Waals surface area contributed by atoms with Gasteiger partial charge in [-0.1, -0.05) is 23.2 Å². The maximum absolute atomic E-state index is 11.2. The Morgan fingerprint density at radius 1 is 1.42 bits per heavy atom. The fraction of sp³-hybridized carbons (Fsp3) is 0.533. The van der Waals surface area contributed by atoms with Crippen LogP contribution in [0.2, 0.25) is 10.0 Å². The van der Waals surface area contributed by atoms with E-state index in [1.807, 2.05) is 0 Å². The third-order valence-corrected chi connectivity index (χ3v) is 5.37. The molecular weight excluding hydrogens is 359 g/mol. The van der Waals surface area contributed by atoms with Crippen LogP contribution in [-0.4, -0.2) is 64.4 Å². The van der Waals surface area contributed by atoms with Gasteiger partial charge in [-0.05, 0) is 18.6 Å². The minimum Gasteiger partial charge on any atom is -0.508 e. The Hall–Kier alpha value is -1.09. The fourth-order valence-electron chi connectivity index (χ4n) is 3.44. The first-order valence-corrected chi connectivity index (χ1v) is 8.31. The minimum atomic E-state index is -1.09. The number of rotatable bonds is 4. The van der Waals surface area contributed by atoms with Crippen molar-refractivity contribution in [3.05, 3.63) is 27.7 Å². The molecule has 9 heteroatoms. The van der Waals surface area contributed by atoms with Gasteiger partial charge in [0.05, 0.1) is 16.1 Å². The summed E-state index contributed by atoms with van der Waals surface area (Å²) in [6.07, 6.45) is -0.915. The molecule has 0 spiro atoms. The van der Waals surface area contributed by atoms with E-state index in [1.54, 1.807) is 4.90 Å². The van der Waals surface area contributed by atoms with Gasteiger partial charge in [0.25, 0.3) is 0 Å². The molecule has 2 aliphatic rings. The summed E-state index contributed by atoms with van der Waals surface area (Å²) in [4.78, 5) is 13.0. The summed E-state index contributed by atoms with van der Waals surface area (Å²) in [7, 11) is 0. The number of fused-ring (bicyclic) bond motifs is 1. The second kappa shape index (κ2) is 7.03. The smallest absolute Gasteiger partial charge is 0.245 e. The molecule has 0 aromatic heterocycles. The second-order valence-electron chi connectivity index (χ2n) is 5.95. The zero-order valence-electron chi connectivity index (χ0n) is 12.7. The van der Waals surface area contributed by atoms with Crippen LogP contribution in [0.15, 0.2) is 12.1 Å². The van der Waals surface area contributed by atoms with Crippen molar-refractivity contribution >= 4 is 29.1 Å². The van der Waals surface area contributed by atoms with Crippen LogP contribution in [0.3, 0.4) is 0 Å². The molecule has 4 atom stereocenters. The number of halogens is 2. The molecule has 2 saturated heterocycles. The van der Waals surface area contributed by atoms with E-state index < -0.39 is 25.0 Å². The molecule has 132 valence electrons. The number of hydrogen-bond acceptors (Lipinski definition) is 6. The van der Waals surface area contributed by atoms with Crippen LogP contribution in [0, 0.1) is 0 Å². The Labute approximate surface area is 148 Å². The number of aliphatic hydroxyl groups is 2. The van der Waals surface area contributed by atoms with E-state index in [9.17, 15) is 15.0 Å². The number of phenols is 1. The van der Waals surface area contributed by atoms with E-state index >= 15 is 0 Å². The summed E-state index contributed by atoms with van der Waals surface area (Å²) in [5.74, 6) is -0.552. The number of carbonyl (C=O) groups is 1. The monoisotopic (exact) mass is 376 g/mol. The van der Waals surface area contributed by atoms with Gasteiger partial charge in [0.2, 0.25) is 12.3 Å². The van der Waals surface area contributed by atoms with E-state index in [0.29, 0.717) is 28.6 Å². The Morgan fingerprint density at radius 2 is 2.17 bits per heavy atom. The van der Waals surface area contributed by atoms with Crippen LogP contribution in [0.5, 0.6) is 5.75 Å².